The van der Waals surface area contributed by atoms with Gasteiger partial charge in [-0.2, -0.15) is 0 Å². The predicted molar refractivity (Wildman–Crippen MR) is 81.6 cm³/mol. The zero-order valence-electron chi connectivity index (χ0n) is 11.9. The third-order valence-corrected chi connectivity index (χ3v) is 3.38. The van der Waals surface area contributed by atoms with Crippen LogP contribution in [0.25, 0.3) is 0 Å². The summed E-state index contributed by atoms with van der Waals surface area (Å²) in [5.41, 5.74) is 1.21. The van der Waals surface area contributed by atoms with E-state index in [1.165, 1.54) is 6.07 Å². The number of ketones is 1. The Morgan fingerprint density at radius 1 is 1.10 bits per heavy atom. The van der Waals surface area contributed by atoms with Crippen molar-refractivity contribution in [1.82, 2.24) is 0 Å². The first-order valence-electron chi connectivity index (χ1n) is 7.01. The molecule has 0 bridgehead atoms. The molecule has 0 amide bonds. The van der Waals surface area contributed by atoms with Crippen molar-refractivity contribution >= 4 is 11.5 Å². The maximum Gasteiger partial charge on any atom is 0.283 e. The highest BCUT2D eigenvalue weighted by Gasteiger charge is 2.24. The van der Waals surface area contributed by atoms with Gasteiger partial charge < -0.3 is 0 Å². The van der Waals surface area contributed by atoms with Crippen LogP contribution in [0.4, 0.5) is 5.69 Å². The Balaban J connectivity index is 2.48. The van der Waals surface area contributed by atoms with Crippen molar-refractivity contribution in [3.63, 3.8) is 0 Å². The van der Waals surface area contributed by atoms with Crippen molar-refractivity contribution in [2.24, 2.45) is 0 Å². The van der Waals surface area contributed by atoms with Crippen molar-refractivity contribution < 1.29 is 9.72 Å². The zero-order chi connectivity index (χ0) is 15.2. The van der Waals surface area contributed by atoms with Gasteiger partial charge in [0.15, 0.2) is 5.78 Å². The van der Waals surface area contributed by atoms with Gasteiger partial charge in [0.05, 0.1) is 4.92 Å². The van der Waals surface area contributed by atoms with E-state index in [-0.39, 0.29) is 17.0 Å². The van der Waals surface area contributed by atoms with Crippen LogP contribution in [0.5, 0.6) is 0 Å². The monoisotopic (exact) mass is 283 g/mol. The lowest BCUT2D eigenvalue weighted by molar-refractivity contribution is -0.385. The second-order valence-electron chi connectivity index (χ2n) is 4.87. The zero-order valence-corrected chi connectivity index (χ0v) is 11.9. The van der Waals surface area contributed by atoms with Crippen LogP contribution in [0, 0.1) is 10.1 Å². The number of hydrogen-bond acceptors (Lipinski definition) is 3. The molecule has 108 valence electrons. The molecular weight excluding hydrogens is 266 g/mol. The summed E-state index contributed by atoms with van der Waals surface area (Å²) >= 11 is 0. The van der Waals surface area contributed by atoms with Gasteiger partial charge >= 0.3 is 0 Å². The molecule has 0 aliphatic carbocycles. The maximum atomic E-state index is 12.5. The first-order chi connectivity index (χ1) is 10.1. The largest absolute Gasteiger partial charge is 0.288 e. The molecule has 0 aromatic heterocycles. The summed E-state index contributed by atoms with van der Waals surface area (Å²) in [6.07, 6.45) is 2.43. The minimum atomic E-state index is -0.443. The normalized spacial score (nSPS) is 10.3. The average Bonchev–Trinajstić information content (AvgIpc) is 2.52. The van der Waals surface area contributed by atoms with E-state index in [4.69, 9.17) is 0 Å². The second-order valence-corrected chi connectivity index (χ2v) is 4.87. The van der Waals surface area contributed by atoms with E-state index < -0.39 is 4.92 Å². The van der Waals surface area contributed by atoms with Crippen molar-refractivity contribution in [2.45, 2.75) is 26.2 Å². The summed E-state index contributed by atoms with van der Waals surface area (Å²) in [6, 6.07) is 13.6. The Morgan fingerprint density at radius 3 is 2.43 bits per heavy atom. The minimum Gasteiger partial charge on any atom is -0.288 e. The highest BCUT2D eigenvalue weighted by Crippen LogP contribution is 2.27. The summed E-state index contributed by atoms with van der Waals surface area (Å²) < 4.78 is 0. The SMILES string of the molecule is CCCCc1cccc(C(=O)c2ccccc2)c1[N+](=O)[O-]. The Kier molecular flexibility index (Phi) is 4.82. The topological polar surface area (TPSA) is 60.2 Å². The highest BCUT2D eigenvalue weighted by atomic mass is 16.6. The number of unbranched alkanes of at least 4 members (excludes halogenated alkanes) is 1. The average molecular weight is 283 g/mol. The van der Waals surface area contributed by atoms with Crippen LogP contribution in [0.1, 0.15) is 41.3 Å². The van der Waals surface area contributed by atoms with Crippen molar-refractivity contribution in [2.75, 3.05) is 0 Å². The van der Waals surface area contributed by atoms with Gasteiger partial charge in [0.25, 0.3) is 5.69 Å². The van der Waals surface area contributed by atoms with Crippen LogP contribution in [0.3, 0.4) is 0 Å². The number of carbonyl (C=O) groups excluding carboxylic acids is 1. The van der Waals surface area contributed by atoms with Gasteiger partial charge in [-0.3, -0.25) is 14.9 Å². The van der Waals surface area contributed by atoms with E-state index in [2.05, 4.69) is 0 Å². The van der Waals surface area contributed by atoms with Crippen LogP contribution in [-0.2, 0) is 6.42 Å². The Labute approximate surface area is 123 Å². The van der Waals surface area contributed by atoms with Gasteiger partial charge in [-0.25, -0.2) is 0 Å². The molecule has 0 aliphatic rings. The molecule has 0 fully saturated rings. The predicted octanol–water partition coefficient (Wildman–Crippen LogP) is 4.17. The summed E-state index contributed by atoms with van der Waals surface area (Å²) in [4.78, 5) is 23.4. The molecule has 4 nitrogen and oxygen atoms in total. The number of nitro benzene ring substituents is 1. The van der Waals surface area contributed by atoms with Crippen LogP contribution in [0.15, 0.2) is 48.5 Å². The van der Waals surface area contributed by atoms with Crippen molar-refractivity contribution in [1.29, 1.82) is 0 Å². The second kappa shape index (κ2) is 6.79. The van der Waals surface area contributed by atoms with E-state index in [0.717, 1.165) is 12.8 Å². The van der Waals surface area contributed by atoms with Gasteiger partial charge in [-0.05, 0) is 18.9 Å². The number of hydrogen-bond donors (Lipinski definition) is 0. The lowest BCUT2D eigenvalue weighted by atomic mass is 9.97. The molecule has 0 heterocycles. The Bertz CT molecular complexity index is 650. The number of para-hydroxylation sites is 1. The number of nitrogens with zero attached hydrogens (tertiary/aromatic N) is 1. The van der Waals surface area contributed by atoms with Gasteiger partial charge in [0, 0.05) is 11.1 Å². The van der Waals surface area contributed by atoms with E-state index in [1.54, 1.807) is 36.4 Å². The molecule has 0 aliphatic heterocycles. The van der Waals surface area contributed by atoms with E-state index in [9.17, 15) is 14.9 Å². The Morgan fingerprint density at radius 2 is 1.81 bits per heavy atom. The van der Waals surface area contributed by atoms with Crippen molar-refractivity contribution in [3.05, 3.63) is 75.3 Å². The fraction of sp³-hybridized carbons (Fsp3) is 0.235. The van der Waals surface area contributed by atoms with Crippen molar-refractivity contribution in [3.8, 4) is 0 Å². The minimum absolute atomic E-state index is 0.0557. The molecule has 0 saturated heterocycles. The number of rotatable bonds is 6. The highest BCUT2D eigenvalue weighted by molar-refractivity contribution is 6.11. The summed E-state index contributed by atoms with van der Waals surface area (Å²) in [6.45, 7) is 2.03. The van der Waals surface area contributed by atoms with E-state index in [1.807, 2.05) is 13.0 Å². The molecule has 0 N–H and O–H groups in total. The molecule has 0 spiro atoms. The van der Waals surface area contributed by atoms with Gasteiger partial charge in [-0.1, -0.05) is 55.8 Å². The third kappa shape index (κ3) is 3.34. The molecule has 2 aromatic rings. The molecule has 0 unspecified atom stereocenters. The van der Waals surface area contributed by atoms with Gasteiger partial charge in [-0.15, -0.1) is 0 Å². The van der Waals surface area contributed by atoms with Crippen LogP contribution in [0.2, 0.25) is 0 Å². The van der Waals surface area contributed by atoms with Crippen LogP contribution in [-0.4, -0.2) is 10.7 Å². The number of nitro groups is 1. The lowest BCUT2D eigenvalue weighted by Crippen LogP contribution is -2.08. The number of aryl methyl sites for hydroxylation is 1. The molecule has 4 heteroatoms. The van der Waals surface area contributed by atoms with Crippen LogP contribution >= 0.6 is 0 Å². The fourth-order valence-corrected chi connectivity index (χ4v) is 2.30. The molecule has 0 atom stereocenters. The van der Waals surface area contributed by atoms with E-state index in [0.29, 0.717) is 17.5 Å². The molecule has 0 saturated carbocycles. The summed E-state index contributed by atoms with van der Waals surface area (Å²) in [7, 11) is 0. The molecule has 21 heavy (non-hydrogen) atoms. The molecule has 2 aromatic carbocycles. The number of carbonyl (C=O) groups is 1. The van der Waals surface area contributed by atoms with Gasteiger partial charge in [0.1, 0.15) is 5.56 Å². The number of benzene rings is 2. The lowest BCUT2D eigenvalue weighted by Gasteiger charge is -2.07. The van der Waals surface area contributed by atoms with Gasteiger partial charge in [0.2, 0.25) is 0 Å². The maximum absolute atomic E-state index is 12.5. The van der Waals surface area contributed by atoms with Crippen LogP contribution < -0.4 is 0 Å². The third-order valence-electron chi connectivity index (χ3n) is 3.38. The fourth-order valence-electron chi connectivity index (χ4n) is 2.30. The first kappa shape index (κ1) is 14.9. The molecule has 0 radical (unpaired) electrons. The van der Waals surface area contributed by atoms with E-state index >= 15 is 0 Å². The smallest absolute Gasteiger partial charge is 0.283 e. The quantitative estimate of drug-likeness (QED) is 0.454. The molecule has 2 rings (SSSR count). The summed E-state index contributed by atoms with van der Waals surface area (Å²) in [5.74, 6) is -0.305. The first-order valence-corrected chi connectivity index (χ1v) is 7.01. The standard InChI is InChI=1S/C17H17NO3/c1-2-3-8-13-11-7-12-15(16(13)18(20)21)17(19)14-9-5-4-6-10-14/h4-7,9-12H,2-3,8H2,1H3. The summed E-state index contributed by atoms with van der Waals surface area (Å²) in [5, 5.41) is 11.4. The Hall–Kier alpha value is -2.49. The molecular formula is C17H17NO3.